The molecule has 1 aromatic heterocycles. The summed E-state index contributed by atoms with van der Waals surface area (Å²) in [5.41, 5.74) is 18.3. The lowest BCUT2D eigenvalue weighted by Gasteiger charge is -2.35. The fraction of sp³-hybridized carbons (Fsp3) is 0.220. The maximum atomic E-state index is 13.8. The molecule has 1 heterocycles. The Hall–Kier alpha value is -7.45. The van der Waals surface area contributed by atoms with Gasteiger partial charge in [-0.3, -0.25) is 23.5 Å². The highest BCUT2D eigenvalue weighted by Gasteiger charge is 2.33. The zero-order valence-corrected chi connectivity index (χ0v) is 92.8. The SMILES string of the molecule is CCCC(Br)C(=O)c1cccc(Cl)c1.CCCC(C(O)c1cccc(Br)c1)N(C(=O)Cc1ccc(Cl)cc1)c1ccc(Br)cc1.CCCC(Cc1ccc(Br)cc1)C(=O)c1cccc(Cl)c1.CCCC(Cc1ccc(Br)cc1)C(O)c1cccc(Cl)c1.CCCc1c(-c2cccc(Cl)c2)n(-c2ccc(Br)cc2)c(=O)n1-c1ccc(Br)cc1.Nc1ccc(Br)cc1.O=C=Nc1ccc(Br)cc1. The number of nitrogen functional groups attached to an aromatic ring is 1. The number of nitrogens with zero attached hydrogens (tertiary/aromatic N) is 4. The number of rotatable bonds is 30. The van der Waals surface area contributed by atoms with Gasteiger partial charge in [0.2, 0.25) is 12.0 Å². The van der Waals surface area contributed by atoms with E-state index >= 15 is 0 Å². The Morgan fingerprint density at radius 1 is 0.415 bits per heavy atom. The van der Waals surface area contributed by atoms with E-state index in [-0.39, 0.29) is 46.2 Å². The van der Waals surface area contributed by atoms with Gasteiger partial charge < -0.3 is 20.8 Å². The average Bonchev–Trinajstić information content (AvgIpc) is 1.58. The molecule has 6 atom stereocenters. The van der Waals surface area contributed by atoms with E-state index in [4.69, 9.17) is 63.7 Å². The van der Waals surface area contributed by atoms with Gasteiger partial charge in [-0.05, 0) is 297 Å². The van der Waals surface area contributed by atoms with Gasteiger partial charge in [-0.25, -0.2) is 9.59 Å². The van der Waals surface area contributed by atoms with Crippen molar-refractivity contribution in [2.75, 3.05) is 10.6 Å². The van der Waals surface area contributed by atoms with Crippen molar-refractivity contribution >= 4 is 242 Å². The molecular formula is C109H103Br9Cl5N5O7. The van der Waals surface area contributed by atoms with Crippen LogP contribution in [-0.4, -0.2) is 53.8 Å². The first-order valence-electron chi connectivity index (χ1n) is 43.7. The third-order valence-corrected chi connectivity index (χ3v) is 27.3. The number of ketones is 2. The van der Waals surface area contributed by atoms with Gasteiger partial charge in [0, 0.05) is 94.9 Å². The fourth-order valence-corrected chi connectivity index (χ4v) is 18.5. The number of aromatic nitrogens is 2. The van der Waals surface area contributed by atoms with Crippen molar-refractivity contribution in [1.29, 1.82) is 0 Å². The minimum Gasteiger partial charge on any atom is -0.399 e. The highest BCUT2D eigenvalue weighted by molar-refractivity contribution is 9.11. The number of benzene rings is 13. The van der Waals surface area contributed by atoms with Crippen LogP contribution in [0.4, 0.5) is 17.1 Å². The molecule has 14 rings (SSSR count). The van der Waals surface area contributed by atoms with E-state index < -0.39 is 18.2 Å². The zero-order chi connectivity index (χ0) is 98.0. The summed E-state index contributed by atoms with van der Waals surface area (Å²) in [6.07, 6.45) is 11.0. The van der Waals surface area contributed by atoms with Gasteiger partial charge in [0.1, 0.15) is 0 Å². The quantitative estimate of drug-likeness (QED) is 0.0131. The Kier molecular flexibility index (Phi) is 50.0. The first kappa shape index (κ1) is 113. The molecule has 0 aliphatic carbocycles. The normalized spacial score (nSPS) is 11.9. The van der Waals surface area contributed by atoms with Crippen molar-refractivity contribution in [2.45, 2.75) is 141 Å². The van der Waals surface area contributed by atoms with E-state index in [2.05, 4.69) is 207 Å². The van der Waals surface area contributed by atoms with E-state index in [1.165, 1.54) is 17.2 Å². The van der Waals surface area contributed by atoms with Gasteiger partial charge in [0.25, 0.3) is 0 Å². The molecule has 0 aliphatic heterocycles. The number of Topliss-reactive ketones (excluding diaryl/α,β-unsaturated/α-hetero) is 2. The Bertz CT molecular complexity index is 6140. The second-order valence-corrected chi connectivity index (χ2v) is 41.9. The Morgan fingerprint density at radius 2 is 0.837 bits per heavy atom. The molecule has 4 N–H and O–H groups in total. The largest absolute Gasteiger partial charge is 0.399 e. The van der Waals surface area contributed by atoms with Crippen LogP contribution in [0, 0.1) is 11.8 Å². The first-order valence-corrected chi connectivity index (χ1v) is 52.9. The predicted molar refractivity (Wildman–Crippen MR) is 594 cm³/mol. The highest BCUT2D eigenvalue weighted by atomic mass is 79.9. The lowest BCUT2D eigenvalue weighted by Crippen LogP contribution is -2.45. The maximum absolute atomic E-state index is 13.8. The summed E-state index contributed by atoms with van der Waals surface area (Å²) in [5, 5.41) is 25.2. The first-order chi connectivity index (χ1) is 64.8. The number of carbonyl (C=O) groups excluding carboxylic acids is 4. The van der Waals surface area contributed by atoms with E-state index in [1.54, 1.807) is 70.1 Å². The molecule has 13 aromatic carbocycles. The smallest absolute Gasteiger partial charge is 0.338 e. The van der Waals surface area contributed by atoms with Gasteiger partial charge in [0.05, 0.1) is 57.9 Å². The number of isocyanates is 1. The van der Waals surface area contributed by atoms with Crippen molar-refractivity contribution in [2.24, 2.45) is 16.8 Å². The van der Waals surface area contributed by atoms with Crippen molar-refractivity contribution < 1.29 is 29.4 Å². The Labute approximate surface area is 893 Å². The molecule has 12 nitrogen and oxygen atoms in total. The summed E-state index contributed by atoms with van der Waals surface area (Å²) in [6, 6.07) is 98.3. The third-order valence-electron chi connectivity index (χ3n) is 21.0. The Morgan fingerprint density at radius 3 is 1.30 bits per heavy atom. The van der Waals surface area contributed by atoms with Gasteiger partial charge in [-0.1, -0.05) is 365 Å². The number of nitrogens with two attached hydrogens (primary N) is 1. The number of imidazole rings is 1. The molecule has 0 fully saturated rings. The van der Waals surface area contributed by atoms with E-state index in [9.17, 15) is 34.2 Å². The summed E-state index contributed by atoms with van der Waals surface area (Å²) in [6.45, 7) is 10.5. The molecular weight excluding hydrogens is 2390 g/mol. The molecule has 6 unspecified atom stereocenters. The zero-order valence-electron chi connectivity index (χ0n) is 74.8. The number of amides is 1. The summed E-state index contributed by atoms with van der Waals surface area (Å²) < 4.78 is 11.5. The number of halogens is 14. The summed E-state index contributed by atoms with van der Waals surface area (Å²) >= 11 is 60.9. The molecule has 0 spiro atoms. The van der Waals surface area contributed by atoms with E-state index in [0.717, 1.165) is 163 Å². The second-order valence-electron chi connectivity index (χ2n) is 31.3. The molecule has 0 saturated carbocycles. The predicted octanol–water partition coefficient (Wildman–Crippen LogP) is 35.0. The van der Waals surface area contributed by atoms with E-state index in [0.29, 0.717) is 48.3 Å². The van der Waals surface area contributed by atoms with E-state index in [1.807, 2.05) is 235 Å². The monoisotopic (exact) mass is 2480 g/mol. The molecule has 0 radical (unpaired) electrons. The summed E-state index contributed by atoms with van der Waals surface area (Å²) in [7, 11) is 0. The molecule has 26 heteroatoms. The van der Waals surface area contributed by atoms with Crippen LogP contribution in [0.5, 0.6) is 0 Å². The number of aliphatic hydroxyl groups excluding tert-OH is 2. The number of hydrogen-bond donors (Lipinski definition) is 3. The van der Waals surface area contributed by atoms with Gasteiger partial charge in [-0.15, -0.1) is 0 Å². The van der Waals surface area contributed by atoms with Crippen LogP contribution in [0.2, 0.25) is 25.1 Å². The van der Waals surface area contributed by atoms with Crippen molar-refractivity contribution in [3.05, 3.63) is 431 Å². The molecule has 0 aliphatic rings. The third kappa shape index (κ3) is 37.6. The van der Waals surface area contributed by atoms with Crippen LogP contribution in [0.1, 0.15) is 159 Å². The van der Waals surface area contributed by atoms with Gasteiger partial charge >= 0.3 is 5.69 Å². The number of aliphatic imine (C=N–C) groups is 1. The standard InChI is InChI=1S/C25H24Br2ClNO2.C24H19Br2ClN2O.C18H20BrClO.C18H18BrClO.C11H12BrClO.C7H4BrNO.C6H6BrN/c1-2-4-23(25(31)18-5-3-6-20(27)16-18)29(22-13-9-19(26)10-14-22)24(30)15-17-7-11-21(28)12-8-17;1-2-4-22-23(16-5-3-6-19(27)15-16)29(21-13-9-18(26)10-14-21)24(30)28(22)20-11-7-17(25)8-12-20;2*1-2-4-14(11-13-7-9-16(19)10-8-13)18(21)15-5-3-6-17(20)12-15;1-2-4-10(12)11(14)8-5-3-6-9(13)7-8;8-6-1-3-7(4-2-6)9-5-10;7-5-1-3-6(8)4-2-5/h3,5-14,16,23,25,31H,2,4,15H2,1H3;3,5-15H,2,4H2,1H3;3,5-10,12,14,18,21H,2,4,11H2,1H3;3,5-10,12,14H,2,4,11H2,1H3;3,5-7,10H,2,4H2,1H3;1-4H;1-4H,8H2. The van der Waals surface area contributed by atoms with Crippen LogP contribution in [0.3, 0.4) is 0 Å². The number of alkyl halides is 1. The molecule has 704 valence electrons. The van der Waals surface area contributed by atoms with Gasteiger partial charge in [-0.2, -0.15) is 4.99 Å². The topological polar surface area (TPSA) is 177 Å². The summed E-state index contributed by atoms with van der Waals surface area (Å²) in [5.74, 6) is 0.429. The minimum atomic E-state index is -0.824. The van der Waals surface area contributed by atoms with Crippen LogP contribution in [0.15, 0.2) is 361 Å². The molecule has 14 aromatic rings. The second kappa shape index (κ2) is 59.9. The van der Waals surface area contributed by atoms with Crippen LogP contribution in [-0.2, 0) is 35.3 Å². The molecule has 0 saturated heterocycles. The molecule has 1 amide bonds. The maximum Gasteiger partial charge on any atom is 0.338 e. The highest BCUT2D eigenvalue weighted by Crippen LogP contribution is 2.37. The number of aliphatic hydroxyl groups is 2. The fourth-order valence-electron chi connectivity index (χ4n) is 14.6. The average molecular weight is 2490 g/mol. The lowest BCUT2D eigenvalue weighted by atomic mass is 9.86. The van der Waals surface area contributed by atoms with Crippen molar-refractivity contribution in [1.82, 2.24) is 9.13 Å². The molecule has 0 bridgehead atoms. The Balaban J connectivity index is 0.000000201. The van der Waals surface area contributed by atoms with Gasteiger partial charge in [0.15, 0.2) is 11.6 Å². The minimum absolute atomic E-state index is 0.00893. The molecule has 135 heavy (non-hydrogen) atoms. The van der Waals surface area contributed by atoms with Crippen molar-refractivity contribution in [3.8, 4) is 22.6 Å². The number of anilines is 2. The number of hydrogen-bond acceptors (Lipinski definition) is 9. The van der Waals surface area contributed by atoms with Crippen LogP contribution in [0.25, 0.3) is 22.6 Å². The van der Waals surface area contributed by atoms with Crippen LogP contribution >= 0.6 is 201 Å². The lowest BCUT2D eigenvalue weighted by molar-refractivity contribution is -0.119. The summed E-state index contributed by atoms with van der Waals surface area (Å²) in [4.78, 5) is 66.7. The van der Waals surface area contributed by atoms with Crippen LogP contribution < -0.4 is 16.3 Å². The number of carbonyl (C=O) groups is 3. The van der Waals surface area contributed by atoms with Crippen molar-refractivity contribution in [3.63, 3.8) is 0 Å².